The maximum atomic E-state index is 13.3. The van der Waals surface area contributed by atoms with Crippen LogP contribution >= 0.6 is 27.5 Å². The third-order valence-corrected chi connectivity index (χ3v) is 4.03. The second-order valence-corrected chi connectivity index (χ2v) is 5.70. The first kappa shape index (κ1) is 13.5. The molecule has 0 amide bonds. The van der Waals surface area contributed by atoms with Gasteiger partial charge in [0.15, 0.2) is 0 Å². The molecule has 0 unspecified atom stereocenters. The van der Waals surface area contributed by atoms with E-state index >= 15 is 0 Å². The Balaban J connectivity index is 2.38. The maximum absolute atomic E-state index is 13.3. The first-order valence-corrected chi connectivity index (χ1v) is 7.27. The minimum Gasteiger partial charge on any atom is -0.249 e. The third-order valence-electron chi connectivity index (χ3n) is 3.15. The molecule has 0 aliphatic carbocycles. The van der Waals surface area contributed by atoms with Gasteiger partial charge in [-0.1, -0.05) is 57.9 Å². The molecular weight excluding hydrogens is 341 g/mol. The topological polar surface area (TPSA) is 12.9 Å². The Morgan fingerprint density at radius 2 is 1.85 bits per heavy atom. The van der Waals surface area contributed by atoms with E-state index in [0.29, 0.717) is 21.8 Å². The van der Waals surface area contributed by atoms with Gasteiger partial charge in [0.05, 0.1) is 16.2 Å². The van der Waals surface area contributed by atoms with Gasteiger partial charge in [0.25, 0.3) is 0 Å². The van der Waals surface area contributed by atoms with Crippen LogP contribution in [0.2, 0.25) is 5.02 Å². The molecule has 4 heteroatoms. The van der Waals surface area contributed by atoms with Crippen molar-refractivity contribution in [3.05, 3.63) is 63.7 Å². The lowest BCUT2D eigenvalue weighted by Crippen LogP contribution is -1.95. The molecule has 0 radical (unpaired) electrons. The average Bonchev–Trinajstić information content (AvgIpc) is 2.48. The van der Waals surface area contributed by atoms with Crippen molar-refractivity contribution in [3.63, 3.8) is 0 Å². The van der Waals surface area contributed by atoms with E-state index in [0.717, 1.165) is 15.4 Å². The molecule has 1 nitrogen and oxygen atoms in total. The molecule has 3 aromatic rings. The van der Waals surface area contributed by atoms with Crippen molar-refractivity contribution in [2.75, 3.05) is 0 Å². The van der Waals surface area contributed by atoms with Crippen LogP contribution in [0.25, 0.3) is 22.0 Å². The fourth-order valence-corrected chi connectivity index (χ4v) is 2.97. The summed E-state index contributed by atoms with van der Waals surface area (Å²) in [6.07, 6.45) is 0. The molecule has 2 aromatic carbocycles. The number of halogens is 3. The first-order chi connectivity index (χ1) is 9.70. The lowest BCUT2D eigenvalue weighted by molar-refractivity contribution is 0.478. The number of aromatic nitrogens is 1. The summed E-state index contributed by atoms with van der Waals surface area (Å²) in [5, 5.41) is 1.35. The van der Waals surface area contributed by atoms with Crippen molar-refractivity contribution < 1.29 is 4.39 Å². The van der Waals surface area contributed by atoms with Crippen molar-refractivity contribution in [1.29, 1.82) is 0 Å². The van der Waals surface area contributed by atoms with Crippen molar-refractivity contribution >= 4 is 38.4 Å². The summed E-state index contributed by atoms with van der Waals surface area (Å²) < 4.78 is 14.2. The second kappa shape index (κ2) is 5.51. The number of benzene rings is 2. The van der Waals surface area contributed by atoms with E-state index in [1.54, 1.807) is 0 Å². The maximum Gasteiger partial charge on any atom is 0.132 e. The van der Waals surface area contributed by atoms with Gasteiger partial charge >= 0.3 is 0 Å². The van der Waals surface area contributed by atoms with Crippen LogP contribution in [-0.2, 0) is 6.67 Å². The molecule has 1 heterocycles. The Hall–Kier alpha value is -1.45. The van der Waals surface area contributed by atoms with Crippen LogP contribution in [-0.4, -0.2) is 4.98 Å². The van der Waals surface area contributed by atoms with Gasteiger partial charge in [0.2, 0.25) is 0 Å². The quantitative estimate of drug-likeness (QED) is 0.570. The molecule has 0 spiro atoms. The Bertz CT molecular complexity index is 774. The summed E-state index contributed by atoms with van der Waals surface area (Å²) in [5.41, 5.74) is 2.61. The number of fused-ring (bicyclic) bond motifs is 1. The fourth-order valence-electron chi connectivity index (χ4n) is 2.24. The first-order valence-electron chi connectivity index (χ1n) is 6.09. The van der Waals surface area contributed by atoms with Crippen molar-refractivity contribution in [3.8, 4) is 11.1 Å². The highest BCUT2D eigenvalue weighted by Crippen LogP contribution is 2.37. The molecule has 0 bridgehead atoms. The number of nitrogens with zero attached hydrogens (tertiary/aromatic N) is 1. The van der Waals surface area contributed by atoms with Crippen LogP contribution in [0.5, 0.6) is 0 Å². The molecule has 0 aliphatic rings. The highest BCUT2D eigenvalue weighted by atomic mass is 79.9. The van der Waals surface area contributed by atoms with E-state index in [4.69, 9.17) is 11.6 Å². The third kappa shape index (κ3) is 2.32. The molecule has 1 aromatic heterocycles. The van der Waals surface area contributed by atoms with Crippen molar-refractivity contribution in [2.45, 2.75) is 6.67 Å². The normalized spacial score (nSPS) is 10.9. The van der Waals surface area contributed by atoms with Crippen LogP contribution in [0, 0.1) is 0 Å². The average molecular weight is 351 g/mol. The number of hydrogen-bond donors (Lipinski definition) is 0. The van der Waals surface area contributed by atoms with Gasteiger partial charge in [0, 0.05) is 15.4 Å². The smallest absolute Gasteiger partial charge is 0.132 e. The highest BCUT2D eigenvalue weighted by molar-refractivity contribution is 9.10. The van der Waals surface area contributed by atoms with Gasteiger partial charge in [-0.25, -0.2) is 9.37 Å². The summed E-state index contributed by atoms with van der Waals surface area (Å²) in [6, 6.07) is 15.1. The molecular formula is C16H10BrClFN. The predicted octanol–water partition coefficient (Wildman–Crippen LogP) is 5.79. The van der Waals surface area contributed by atoms with Crippen LogP contribution in [0.15, 0.2) is 53.0 Å². The van der Waals surface area contributed by atoms with Gasteiger partial charge in [-0.05, 0) is 23.8 Å². The monoisotopic (exact) mass is 349 g/mol. The van der Waals surface area contributed by atoms with Gasteiger partial charge in [-0.15, -0.1) is 0 Å². The Morgan fingerprint density at radius 1 is 1.10 bits per heavy atom. The van der Waals surface area contributed by atoms with Gasteiger partial charge in [-0.3, -0.25) is 0 Å². The highest BCUT2D eigenvalue weighted by Gasteiger charge is 2.15. The lowest BCUT2D eigenvalue weighted by Gasteiger charge is -2.12. The van der Waals surface area contributed by atoms with Gasteiger partial charge < -0.3 is 0 Å². The van der Waals surface area contributed by atoms with Crippen molar-refractivity contribution in [2.24, 2.45) is 0 Å². The molecule has 0 fully saturated rings. The van der Waals surface area contributed by atoms with Crippen LogP contribution < -0.4 is 0 Å². The van der Waals surface area contributed by atoms with Gasteiger partial charge in [0.1, 0.15) is 6.67 Å². The Kier molecular flexibility index (Phi) is 3.72. The van der Waals surface area contributed by atoms with Crippen LogP contribution in [0.4, 0.5) is 4.39 Å². The molecule has 0 N–H and O–H groups in total. The molecule has 0 saturated carbocycles. The van der Waals surface area contributed by atoms with Crippen LogP contribution in [0.1, 0.15) is 5.69 Å². The Labute approximate surface area is 129 Å². The number of pyridine rings is 1. The van der Waals surface area contributed by atoms with Crippen molar-refractivity contribution in [1.82, 2.24) is 4.98 Å². The summed E-state index contributed by atoms with van der Waals surface area (Å²) in [7, 11) is 0. The standard InChI is InChI=1S/C16H10BrClFN/c17-11-6-7-13-12(8-11)16(18)15(14(9-19)20-13)10-4-2-1-3-5-10/h1-8H,9H2. The summed E-state index contributed by atoms with van der Waals surface area (Å²) in [6.45, 7) is -0.643. The van der Waals surface area contributed by atoms with E-state index in [2.05, 4.69) is 20.9 Å². The van der Waals surface area contributed by atoms with Gasteiger partial charge in [-0.2, -0.15) is 0 Å². The molecule has 20 heavy (non-hydrogen) atoms. The Morgan fingerprint density at radius 3 is 2.55 bits per heavy atom. The largest absolute Gasteiger partial charge is 0.249 e. The van der Waals surface area contributed by atoms with Crippen LogP contribution in [0.3, 0.4) is 0 Å². The van der Waals surface area contributed by atoms with E-state index in [-0.39, 0.29) is 0 Å². The zero-order chi connectivity index (χ0) is 14.1. The summed E-state index contributed by atoms with van der Waals surface area (Å²) >= 11 is 9.93. The zero-order valence-electron chi connectivity index (χ0n) is 10.4. The molecule has 0 saturated heterocycles. The second-order valence-electron chi connectivity index (χ2n) is 4.41. The number of alkyl halides is 1. The number of rotatable bonds is 2. The minimum absolute atomic E-state index is 0.371. The van der Waals surface area contributed by atoms with E-state index < -0.39 is 6.67 Å². The SMILES string of the molecule is FCc1nc2ccc(Br)cc2c(Cl)c1-c1ccccc1. The zero-order valence-corrected chi connectivity index (χ0v) is 12.7. The molecule has 0 aliphatic heterocycles. The van der Waals surface area contributed by atoms with E-state index in [9.17, 15) is 4.39 Å². The number of hydrogen-bond acceptors (Lipinski definition) is 1. The molecule has 0 atom stereocenters. The summed E-state index contributed by atoms with van der Waals surface area (Å²) in [4.78, 5) is 4.39. The molecule has 3 rings (SSSR count). The summed E-state index contributed by atoms with van der Waals surface area (Å²) in [5.74, 6) is 0. The molecule has 100 valence electrons. The fraction of sp³-hybridized carbons (Fsp3) is 0.0625. The predicted molar refractivity (Wildman–Crippen MR) is 84.7 cm³/mol. The van der Waals surface area contributed by atoms with E-state index in [1.165, 1.54) is 0 Å². The van der Waals surface area contributed by atoms with E-state index in [1.807, 2.05) is 48.5 Å². The minimum atomic E-state index is -0.643. The lowest BCUT2D eigenvalue weighted by atomic mass is 10.0.